The fourth-order valence-electron chi connectivity index (χ4n) is 0.966. The summed E-state index contributed by atoms with van der Waals surface area (Å²) in [6.45, 7) is 0.351. The summed E-state index contributed by atoms with van der Waals surface area (Å²) in [6.07, 6.45) is 0.628. The van der Waals surface area contributed by atoms with Gasteiger partial charge < -0.3 is 5.73 Å². The van der Waals surface area contributed by atoms with E-state index in [2.05, 4.69) is 0 Å². The van der Waals surface area contributed by atoms with Crippen LogP contribution in [0.25, 0.3) is 0 Å². The standard InChI is InChI=1S/C10H14FNS/c11-6-1-7-13-10-4-2-9(8-12)3-5-10/h2-5H,1,6-8,12H2. The van der Waals surface area contributed by atoms with Crippen LogP contribution in [0.5, 0.6) is 0 Å². The maximum Gasteiger partial charge on any atom is 0.0902 e. The number of nitrogens with two attached hydrogens (primary N) is 1. The molecule has 0 aliphatic rings. The molecular weight excluding hydrogens is 185 g/mol. The predicted molar refractivity (Wildman–Crippen MR) is 55.6 cm³/mol. The van der Waals surface area contributed by atoms with Crippen molar-refractivity contribution < 1.29 is 4.39 Å². The third-order valence-corrected chi connectivity index (χ3v) is 2.80. The first-order valence-corrected chi connectivity index (χ1v) is 5.33. The van der Waals surface area contributed by atoms with E-state index in [9.17, 15) is 4.39 Å². The Kier molecular flexibility index (Phi) is 4.86. The van der Waals surface area contributed by atoms with Gasteiger partial charge in [0, 0.05) is 17.2 Å². The van der Waals surface area contributed by atoms with Crippen LogP contribution in [-0.2, 0) is 6.54 Å². The number of rotatable bonds is 5. The maximum absolute atomic E-state index is 11.8. The van der Waals surface area contributed by atoms with Gasteiger partial charge in [-0.15, -0.1) is 11.8 Å². The lowest BCUT2D eigenvalue weighted by Crippen LogP contribution is -1.95. The van der Waals surface area contributed by atoms with Gasteiger partial charge in [-0.3, -0.25) is 4.39 Å². The van der Waals surface area contributed by atoms with E-state index in [0.29, 0.717) is 13.0 Å². The van der Waals surface area contributed by atoms with Crippen LogP contribution < -0.4 is 5.73 Å². The summed E-state index contributed by atoms with van der Waals surface area (Å²) in [6, 6.07) is 8.09. The fraction of sp³-hybridized carbons (Fsp3) is 0.400. The van der Waals surface area contributed by atoms with Gasteiger partial charge in [0.05, 0.1) is 6.67 Å². The second-order valence-corrected chi connectivity index (χ2v) is 3.91. The SMILES string of the molecule is NCc1ccc(SCCCF)cc1. The van der Waals surface area contributed by atoms with Crippen molar-refractivity contribution >= 4 is 11.8 Å². The molecule has 1 aromatic carbocycles. The largest absolute Gasteiger partial charge is 0.326 e. The molecule has 0 saturated carbocycles. The summed E-state index contributed by atoms with van der Waals surface area (Å²) in [5.74, 6) is 0.846. The molecular formula is C10H14FNS. The Labute approximate surface area is 82.5 Å². The highest BCUT2D eigenvalue weighted by Crippen LogP contribution is 2.18. The first-order valence-electron chi connectivity index (χ1n) is 4.34. The summed E-state index contributed by atoms with van der Waals surface area (Å²) in [5.41, 5.74) is 6.60. The van der Waals surface area contributed by atoms with Crippen LogP contribution in [0, 0.1) is 0 Å². The van der Waals surface area contributed by atoms with E-state index in [-0.39, 0.29) is 6.67 Å². The lowest BCUT2D eigenvalue weighted by atomic mass is 10.2. The number of benzene rings is 1. The molecule has 2 N–H and O–H groups in total. The number of halogens is 1. The fourth-order valence-corrected chi connectivity index (χ4v) is 1.78. The molecule has 1 nitrogen and oxygen atoms in total. The van der Waals surface area contributed by atoms with Gasteiger partial charge in [0.1, 0.15) is 0 Å². The van der Waals surface area contributed by atoms with E-state index in [4.69, 9.17) is 5.73 Å². The molecule has 0 amide bonds. The van der Waals surface area contributed by atoms with Gasteiger partial charge in [-0.25, -0.2) is 0 Å². The minimum absolute atomic E-state index is 0.228. The molecule has 1 aromatic rings. The normalized spacial score (nSPS) is 10.3. The van der Waals surface area contributed by atoms with Crippen molar-refractivity contribution in [2.24, 2.45) is 5.73 Å². The van der Waals surface area contributed by atoms with E-state index in [1.165, 1.54) is 4.90 Å². The van der Waals surface area contributed by atoms with Gasteiger partial charge in [0.2, 0.25) is 0 Å². The Bertz CT molecular complexity index is 235. The molecule has 13 heavy (non-hydrogen) atoms. The number of thioether (sulfide) groups is 1. The molecule has 3 heteroatoms. The van der Waals surface area contributed by atoms with Crippen molar-refractivity contribution in [1.29, 1.82) is 0 Å². The zero-order valence-electron chi connectivity index (χ0n) is 7.50. The maximum atomic E-state index is 11.8. The molecule has 0 unspecified atom stereocenters. The summed E-state index contributed by atoms with van der Waals surface area (Å²) >= 11 is 1.68. The van der Waals surface area contributed by atoms with Crippen LogP contribution in [0.3, 0.4) is 0 Å². The van der Waals surface area contributed by atoms with Crippen molar-refractivity contribution in [1.82, 2.24) is 0 Å². The monoisotopic (exact) mass is 199 g/mol. The summed E-state index contributed by atoms with van der Waals surface area (Å²) < 4.78 is 11.8. The molecule has 0 radical (unpaired) electrons. The first-order chi connectivity index (χ1) is 6.36. The third-order valence-electron chi connectivity index (χ3n) is 1.71. The van der Waals surface area contributed by atoms with E-state index >= 15 is 0 Å². The molecule has 0 aliphatic carbocycles. The van der Waals surface area contributed by atoms with Gasteiger partial charge >= 0.3 is 0 Å². The minimum Gasteiger partial charge on any atom is -0.326 e. The Hall–Kier alpha value is -0.540. The Morgan fingerprint density at radius 3 is 2.46 bits per heavy atom. The first kappa shape index (κ1) is 10.5. The average Bonchev–Trinajstić information content (AvgIpc) is 2.19. The van der Waals surface area contributed by atoms with Gasteiger partial charge in [-0.05, 0) is 24.1 Å². The third kappa shape index (κ3) is 3.79. The molecule has 0 bridgehead atoms. The number of alkyl halides is 1. The highest BCUT2D eigenvalue weighted by molar-refractivity contribution is 7.99. The Morgan fingerprint density at radius 1 is 1.23 bits per heavy atom. The van der Waals surface area contributed by atoms with Crippen molar-refractivity contribution in [2.45, 2.75) is 17.9 Å². The average molecular weight is 199 g/mol. The van der Waals surface area contributed by atoms with Gasteiger partial charge in [-0.1, -0.05) is 12.1 Å². The highest BCUT2D eigenvalue weighted by atomic mass is 32.2. The van der Waals surface area contributed by atoms with Crippen LogP contribution in [0.2, 0.25) is 0 Å². The molecule has 0 spiro atoms. The van der Waals surface area contributed by atoms with Gasteiger partial charge in [-0.2, -0.15) is 0 Å². The second-order valence-electron chi connectivity index (χ2n) is 2.74. The van der Waals surface area contributed by atoms with E-state index in [0.717, 1.165) is 11.3 Å². The molecule has 0 aromatic heterocycles. The Morgan fingerprint density at radius 2 is 1.92 bits per heavy atom. The van der Waals surface area contributed by atoms with Crippen molar-refractivity contribution in [2.75, 3.05) is 12.4 Å². The lowest BCUT2D eigenvalue weighted by molar-refractivity contribution is 0.489. The number of hydrogen-bond acceptors (Lipinski definition) is 2. The molecule has 0 aliphatic heterocycles. The van der Waals surface area contributed by atoms with Crippen LogP contribution in [0.15, 0.2) is 29.2 Å². The Balaban J connectivity index is 2.40. The molecule has 0 heterocycles. The molecule has 1 rings (SSSR count). The van der Waals surface area contributed by atoms with Gasteiger partial charge in [0.15, 0.2) is 0 Å². The van der Waals surface area contributed by atoms with Gasteiger partial charge in [0.25, 0.3) is 0 Å². The van der Waals surface area contributed by atoms with Crippen molar-refractivity contribution in [3.63, 3.8) is 0 Å². The van der Waals surface area contributed by atoms with E-state index in [1.807, 2.05) is 24.3 Å². The van der Waals surface area contributed by atoms with Crippen LogP contribution in [0.1, 0.15) is 12.0 Å². The minimum atomic E-state index is -0.228. The van der Waals surface area contributed by atoms with Crippen molar-refractivity contribution in [3.8, 4) is 0 Å². The zero-order chi connectivity index (χ0) is 9.52. The number of hydrogen-bond donors (Lipinski definition) is 1. The summed E-state index contributed by atoms with van der Waals surface area (Å²) in [7, 11) is 0. The topological polar surface area (TPSA) is 26.0 Å². The molecule has 72 valence electrons. The van der Waals surface area contributed by atoms with E-state index in [1.54, 1.807) is 11.8 Å². The molecule has 0 saturated heterocycles. The smallest absolute Gasteiger partial charge is 0.0902 e. The van der Waals surface area contributed by atoms with Crippen molar-refractivity contribution in [3.05, 3.63) is 29.8 Å². The quantitative estimate of drug-likeness (QED) is 0.582. The summed E-state index contributed by atoms with van der Waals surface area (Å²) in [5, 5.41) is 0. The highest BCUT2D eigenvalue weighted by Gasteiger charge is 1.94. The predicted octanol–water partition coefficient (Wildman–Crippen LogP) is 2.60. The van der Waals surface area contributed by atoms with Crippen LogP contribution >= 0.6 is 11.8 Å². The zero-order valence-corrected chi connectivity index (χ0v) is 8.32. The summed E-state index contributed by atoms with van der Waals surface area (Å²) in [4.78, 5) is 1.19. The molecule has 0 fully saturated rings. The van der Waals surface area contributed by atoms with Crippen LogP contribution in [0.4, 0.5) is 4.39 Å². The van der Waals surface area contributed by atoms with Crippen LogP contribution in [-0.4, -0.2) is 12.4 Å². The lowest BCUT2D eigenvalue weighted by Gasteiger charge is -2.01. The van der Waals surface area contributed by atoms with E-state index < -0.39 is 0 Å². The molecule has 0 atom stereocenters. The second kappa shape index (κ2) is 6.00.